The van der Waals surface area contributed by atoms with Crippen molar-refractivity contribution in [3.63, 3.8) is 0 Å². The molecule has 3 atom stereocenters. The lowest BCUT2D eigenvalue weighted by atomic mass is 10.0. The molecular formula is C33H34ClN3O3. The van der Waals surface area contributed by atoms with E-state index in [1.807, 2.05) is 19.1 Å². The fraction of sp³-hybridized carbons (Fsp3) is 0.273. The van der Waals surface area contributed by atoms with Crippen molar-refractivity contribution in [1.29, 1.82) is 0 Å². The summed E-state index contributed by atoms with van der Waals surface area (Å²) in [6.07, 6.45) is 0.632. The minimum atomic E-state index is -1.20. The Morgan fingerprint density at radius 3 is 1.95 bits per heavy atom. The summed E-state index contributed by atoms with van der Waals surface area (Å²) in [5.74, 6) is 0.109. The average molecular weight is 556 g/mol. The molecule has 1 saturated heterocycles. The molecule has 0 radical (unpaired) electrons. The van der Waals surface area contributed by atoms with Gasteiger partial charge in [0, 0.05) is 37.9 Å². The van der Waals surface area contributed by atoms with Crippen LogP contribution < -0.4 is 10.5 Å². The number of aryl methyl sites for hydroxylation is 1. The lowest BCUT2D eigenvalue weighted by Crippen LogP contribution is -2.34. The Morgan fingerprint density at radius 1 is 0.900 bits per heavy atom. The lowest BCUT2D eigenvalue weighted by Gasteiger charge is -2.28. The Morgan fingerprint density at radius 2 is 1.45 bits per heavy atom. The number of carboxylic acids is 1. The highest BCUT2D eigenvalue weighted by Gasteiger charge is 2.58. The maximum atomic E-state index is 12.3. The minimum absolute atomic E-state index is 0. The van der Waals surface area contributed by atoms with Crippen LogP contribution in [0.2, 0.25) is 0 Å². The third kappa shape index (κ3) is 5.55. The Kier molecular flexibility index (Phi) is 8.10. The van der Waals surface area contributed by atoms with Crippen LogP contribution in [-0.4, -0.2) is 40.1 Å². The van der Waals surface area contributed by atoms with Crippen molar-refractivity contribution in [1.82, 2.24) is 9.88 Å². The van der Waals surface area contributed by atoms with Crippen LogP contribution in [-0.2, 0) is 19.5 Å². The van der Waals surface area contributed by atoms with Crippen molar-refractivity contribution >= 4 is 24.1 Å². The maximum absolute atomic E-state index is 12.3. The van der Waals surface area contributed by atoms with Gasteiger partial charge >= 0.3 is 5.97 Å². The molecule has 0 bridgehead atoms. The fourth-order valence-electron chi connectivity index (χ4n) is 6.26. The number of aromatic amines is 1. The molecule has 1 aliphatic carbocycles. The second kappa shape index (κ2) is 11.7. The molecule has 7 heteroatoms. The smallest absolute Gasteiger partial charge is 0.341 e. The van der Waals surface area contributed by atoms with Gasteiger partial charge in [-0.15, -0.1) is 12.4 Å². The molecule has 1 aliphatic heterocycles. The quantitative estimate of drug-likeness (QED) is 0.270. The highest BCUT2D eigenvalue weighted by atomic mass is 35.5. The summed E-state index contributed by atoms with van der Waals surface area (Å²) in [7, 11) is 0. The third-order valence-electron chi connectivity index (χ3n) is 8.28. The number of nitrogens with one attached hydrogen (secondary N) is 1. The number of aromatic nitrogens is 1. The van der Waals surface area contributed by atoms with Crippen molar-refractivity contribution in [2.24, 2.45) is 11.8 Å². The topological polar surface area (TPSA) is 76.6 Å². The molecule has 4 aromatic rings. The minimum Gasteiger partial charge on any atom is -0.477 e. The highest BCUT2D eigenvalue weighted by Crippen LogP contribution is 2.50. The summed E-state index contributed by atoms with van der Waals surface area (Å²) in [5.41, 5.74) is 5.52. The van der Waals surface area contributed by atoms with E-state index in [1.54, 1.807) is 0 Å². The highest BCUT2D eigenvalue weighted by molar-refractivity contribution is 5.88. The molecule has 2 fully saturated rings. The van der Waals surface area contributed by atoms with E-state index in [2.05, 4.69) is 87.6 Å². The zero-order chi connectivity index (χ0) is 26.9. The second-order valence-electron chi connectivity index (χ2n) is 10.7. The molecule has 3 aromatic carbocycles. The van der Waals surface area contributed by atoms with Gasteiger partial charge in [0.2, 0.25) is 0 Å². The normalized spacial score (nSPS) is 19.2. The number of hydrogen-bond acceptors (Lipinski definition) is 4. The predicted octanol–water partition coefficient (Wildman–Crippen LogP) is 5.86. The number of halogens is 1. The SMILES string of the molecule is CCc1cc(C(=O)O)c(=O)[nH]c1-c1ccc(N2C[C@@H]3C(N(Cc4ccccc4)Cc4ccccc4)[C@@H]3C2)cc1.Cl. The van der Waals surface area contributed by atoms with E-state index < -0.39 is 11.5 Å². The molecule has 1 saturated carbocycles. The third-order valence-corrected chi connectivity index (χ3v) is 8.28. The van der Waals surface area contributed by atoms with Gasteiger partial charge in [0.15, 0.2) is 0 Å². The average Bonchev–Trinajstić information content (AvgIpc) is 3.46. The largest absolute Gasteiger partial charge is 0.477 e. The van der Waals surface area contributed by atoms with Crippen LogP contribution >= 0.6 is 12.4 Å². The summed E-state index contributed by atoms with van der Waals surface area (Å²) < 4.78 is 0. The van der Waals surface area contributed by atoms with Gasteiger partial charge in [-0.05, 0) is 58.7 Å². The summed E-state index contributed by atoms with van der Waals surface area (Å²) in [6.45, 7) is 5.96. The van der Waals surface area contributed by atoms with Crippen LogP contribution in [0.4, 0.5) is 5.69 Å². The second-order valence-corrected chi connectivity index (χ2v) is 10.7. The van der Waals surface area contributed by atoms with Gasteiger partial charge in [-0.2, -0.15) is 0 Å². The number of pyridine rings is 1. The zero-order valence-corrected chi connectivity index (χ0v) is 23.3. The number of hydrogen-bond donors (Lipinski definition) is 2. The zero-order valence-electron chi connectivity index (χ0n) is 22.5. The Hall–Kier alpha value is -3.87. The number of fused-ring (bicyclic) bond motifs is 1. The predicted molar refractivity (Wildman–Crippen MR) is 161 cm³/mol. The Balaban J connectivity index is 0.00000323. The summed E-state index contributed by atoms with van der Waals surface area (Å²) in [5, 5.41) is 9.30. The van der Waals surface area contributed by atoms with Crippen LogP contribution in [0.1, 0.15) is 34.0 Å². The van der Waals surface area contributed by atoms with Crippen LogP contribution in [0.15, 0.2) is 95.8 Å². The van der Waals surface area contributed by atoms with Gasteiger partial charge in [-0.3, -0.25) is 9.69 Å². The van der Waals surface area contributed by atoms with Crippen molar-refractivity contribution in [3.05, 3.63) is 124 Å². The van der Waals surface area contributed by atoms with E-state index in [0.717, 1.165) is 37.3 Å². The van der Waals surface area contributed by atoms with Gasteiger partial charge in [-0.1, -0.05) is 79.7 Å². The van der Waals surface area contributed by atoms with E-state index in [-0.39, 0.29) is 18.0 Å². The molecule has 2 N–H and O–H groups in total. The number of H-pyrrole nitrogens is 1. The number of rotatable bonds is 9. The number of aromatic carboxylic acids is 1. The van der Waals surface area contributed by atoms with Crippen molar-refractivity contribution in [2.45, 2.75) is 32.5 Å². The lowest BCUT2D eigenvalue weighted by molar-refractivity contribution is 0.0695. The standard InChI is InChI=1S/C33H33N3O3.ClH/c1-2-24-17-27(33(38)39)32(37)34-30(24)25-13-15-26(16-14-25)35-20-28-29(21-35)31(28)36(18-22-9-5-3-6-10-22)19-23-11-7-4-8-12-23;/h3-17,28-29,31H,2,18-21H2,1H3,(H,34,37)(H,38,39);1H/t28-,29+,31?;. The first-order chi connectivity index (χ1) is 19.0. The summed E-state index contributed by atoms with van der Waals surface area (Å²) in [4.78, 5) is 31.6. The van der Waals surface area contributed by atoms with Gasteiger partial charge in [-0.25, -0.2) is 4.79 Å². The molecule has 1 aromatic heterocycles. The number of anilines is 1. The molecule has 2 aliphatic rings. The summed E-state index contributed by atoms with van der Waals surface area (Å²) in [6, 6.07) is 31.9. The molecule has 1 unspecified atom stereocenters. The van der Waals surface area contributed by atoms with Crippen LogP contribution in [0.5, 0.6) is 0 Å². The van der Waals surface area contributed by atoms with E-state index in [0.29, 0.717) is 30.0 Å². The van der Waals surface area contributed by atoms with Gasteiger partial charge in [0.05, 0.1) is 5.69 Å². The first-order valence-corrected chi connectivity index (χ1v) is 13.7. The first-order valence-electron chi connectivity index (χ1n) is 13.7. The van der Waals surface area contributed by atoms with Crippen molar-refractivity contribution < 1.29 is 9.90 Å². The van der Waals surface area contributed by atoms with Crippen LogP contribution in [0.3, 0.4) is 0 Å². The van der Waals surface area contributed by atoms with Crippen LogP contribution in [0, 0.1) is 11.8 Å². The van der Waals surface area contributed by atoms with Crippen LogP contribution in [0.25, 0.3) is 11.3 Å². The van der Waals surface area contributed by atoms with E-state index in [4.69, 9.17) is 0 Å². The van der Waals surface area contributed by atoms with Gasteiger partial charge in [0.1, 0.15) is 5.56 Å². The number of piperidine rings is 1. The van der Waals surface area contributed by atoms with E-state index in [9.17, 15) is 14.7 Å². The number of benzene rings is 3. The van der Waals surface area contributed by atoms with E-state index >= 15 is 0 Å². The van der Waals surface area contributed by atoms with Gasteiger partial charge < -0.3 is 15.0 Å². The first kappa shape index (κ1) is 27.7. The number of carbonyl (C=O) groups is 1. The molecule has 40 heavy (non-hydrogen) atoms. The van der Waals surface area contributed by atoms with E-state index in [1.165, 1.54) is 22.9 Å². The van der Waals surface area contributed by atoms with Crippen molar-refractivity contribution in [2.75, 3.05) is 18.0 Å². The van der Waals surface area contributed by atoms with Crippen molar-refractivity contribution in [3.8, 4) is 11.3 Å². The monoisotopic (exact) mass is 555 g/mol. The fourth-order valence-corrected chi connectivity index (χ4v) is 6.26. The maximum Gasteiger partial charge on any atom is 0.341 e. The molecule has 0 spiro atoms. The molecule has 2 heterocycles. The number of carboxylic acid groups (broad SMARTS) is 1. The number of nitrogens with zero attached hydrogens (tertiary/aromatic N) is 2. The molecule has 6 nitrogen and oxygen atoms in total. The Bertz CT molecular complexity index is 1470. The molecule has 6 rings (SSSR count). The Labute approximate surface area is 240 Å². The molecule has 0 amide bonds. The van der Waals surface area contributed by atoms with Gasteiger partial charge in [0.25, 0.3) is 5.56 Å². The molecular weight excluding hydrogens is 522 g/mol. The summed E-state index contributed by atoms with van der Waals surface area (Å²) >= 11 is 0. The molecule has 206 valence electrons.